The number of fused-ring (bicyclic) bond motifs is 1. The molecular formula is C15H16BrN3O2. The molecule has 0 saturated carbocycles. The lowest BCUT2D eigenvalue weighted by atomic mass is 10.1. The van der Waals surface area contributed by atoms with Gasteiger partial charge in [-0.25, -0.2) is 0 Å². The standard InChI is InChI=1S/C15H16BrN3O2/c1-10(21-13-4-2-3-12(16)7-13)15(20)19-6-5-14-11(9-19)8-17-18-14/h2-4,7-8,10H,5-6,9H2,1H3,(H,17,18). The Bertz CT molecular complexity index is 656. The van der Waals surface area contributed by atoms with E-state index < -0.39 is 6.10 Å². The zero-order valence-electron chi connectivity index (χ0n) is 11.7. The highest BCUT2D eigenvalue weighted by atomic mass is 79.9. The summed E-state index contributed by atoms with van der Waals surface area (Å²) < 4.78 is 6.67. The minimum absolute atomic E-state index is 0.00169. The van der Waals surface area contributed by atoms with E-state index in [-0.39, 0.29) is 5.91 Å². The van der Waals surface area contributed by atoms with E-state index in [4.69, 9.17) is 4.74 Å². The molecule has 0 aliphatic carbocycles. The second-order valence-electron chi connectivity index (χ2n) is 5.10. The van der Waals surface area contributed by atoms with Crippen LogP contribution in [0.5, 0.6) is 5.75 Å². The van der Waals surface area contributed by atoms with E-state index in [0.29, 0.717) is 18.8 Å². The van der Waals surface area contributed by atoms with Crippen molar-refractivity contribution >= 4 is 21.8 Å². The molecule has 1 unspecified atom stereocenters. The van der Waals surface area contributed by atoms with Crippen LogP contribution < -0.4 is 4.74 Å². The Kier molecular flexibility index (Phi) is 3.96. The van der Waals surface area contributed by atoms with Gasteiger partial charge >= 0.3 is 0 Å². The number of halogens is 1. The van der Waals surface area contributed by atoms with Crippen LogP contribution in [-0.4, -0.2) is 33.7 Å². The first-order valence-corrected chi connectivity index (χ1v) is 7.65. The number of ether oxygens (including phenoxy) is 1. The van der Waals surface area contributed by atoms with Gasteiger partial charge in [-0.15, -0.1) is 0 Å². The molecule has 5 nitrogen and oxygen atoms in total. The van der Waals surface area contributed by atoms with E-state index in [1.807, 2.05) is 29.2 Å². The third-order valence-electron chi connectivity index (χ3n) is 3.57. The van der Waals surface area contributed by atoms with Crippen molar-refractivity contribution < 1.29 is 9.53 Å². The molecule has 1 amide bonds. The summed E-state index contributed by atoms with van der Waals surface area (Å²) in [5, 5.41) is 6.99. The summed E-state index contributed by atoms with van der Waals surface area (Å²) in [7, 11) is 0. The van der Waals surface area contributed by atoms with Crippen LogP contribution in [0.3, 0.4) is 0 Å². The largest absolute Gasteiger partial charge is 0.481 e. The number of hydrogen-bond acceptors (Lipinski definition) is 3. The van der Waals surface area contributed by atoms with E-state index >= 15 is 0 Å². The van der Waals surface area contributed by atoms with E-state index in [9.17, 15) is 4.79 Å². The third-order valence-corrected chi connectivity index (χ3v) is 4.06. The lowest BCUT2D eigenvalue weighted by Crippen LogP contribution is -2.43. The van der Waals surface area contributed by atoms with Crippen LogP contribution in [0.25, 0.3) is 0 Å². The molecule has 0 spiro atoms. The highest BCUT2D eigenvalue weighted by molar-refractivity contribution is 9.10. The van der Waals surface area contributed by atoms with E-state index in [1.165, 1.54) is 0 Å². The topological polar surface area (TPSA) is 58.2 Å². The fraction of sp³-hybridized carbons (Fsp3) is 0.333. The Labute approximate surface area is 131 Å². The molecule has 1 aromatic carbocycles. The molecule has 0 radical (unpaired) electrons. The maximum Gasteiger partial charge on any atom is 0.263 e. The number of nitrogens with one attached hydrogen (secondary N) is 1. The second kappa shape index (κ2) is 5.89. The molecule has 110 valence electrons. The Morgan fingerprint density at radius 1 is 1.52 bits per heavy atom. The molecule has 2 aromatic rings. The highest BCUT2D eigenvalue weighted by Crippen LogP contribution is 2.21. The van der Waals surface area contributed by atoms with Gasteiger partial charge in [0.25, 0.3) is 5.91 Å². The zero-order valence-corrected chi connectivity index (χ0v) is 13.3. The van der Waals surface area contributed by atoms with Gasteiger partial charge in [0.05, 0.1) is 6.20 Å². The van der Waals surface area contributed by atoms with Crippen LogP contribution in [0.1, 0.15) is 18.2 Å². The number of benzene rings is 1. The molecule has 1 N–H and O–H groups in total. The van der Waals surface area contributed by atoms with Gasteiger partial charge in [0, 0.05) is 35.2 Å². The fourth-order valence-corrected chi connectivity index (χ4v) is 2.84. The van der Waals surface area contributed by atoms with Gasteiger partial charge in [0.2, 0.25) is 0 Å². The van der Waals surface area contributed by atoms with E-state index in [0.717, 1.165) is 22.2 Å². The highest BCUT2D eigenvalue weighted by Gasteiger charge is 2.26. The molecule has 6 heteroatoms. The molecule has 2 heterocycles. The van der Waals surface area contributed by atoms with Crippen LogP contribution in [0.4, 0.5) is 0 Å². The zero-order chi connectivity index (χ0) is 14.8. The number of carbonyl (C=O) groups is 1. The molecule has 0 bridgehead atoms. The van der Waals surface area contributed by atoms with Crippen LogP contribution in [0, 0.1) is 0 Å². The summed E-state index contributed by atoms with van der Waals surface area (Å²) in [5.41, 5.74) is 2.21. The first kappa shape index (κ1) is 14.1. The molecular weight excluding hydrogens is 334 g/mol. The molecule has 0 fully saturated rings. The van der Waals surface area contributed by atoms with Gasteiger partial charge in [0.1, 0.15) is 5.75 Å². The number of rotatable bonds is 3. The number of aromatic amines is 1. The number of nitrogens with zero attached hydrogens (tertiary/aromatic N) is 2. The molecule has 0 saturated heterocycles. The summed E-state index contributed by atoms with van der Waals surface area (Å²) in [5.74, 6) is 0.688. The molecule has 1 aromatic heterocycles. The second-order valence-corrected chi connectivity index (χ2v) is 6.02. The summed E-state index contributed by atoms with van der Waals surface area (Å²) in [4.78, 5) is 14.3. The number of aromatic nitrogens is 2. The van der Waals surface area contributed by atoms with E-state index in [1.54, 1.807) is 13.1 Å². The summed E-state index contributed by atoms with van der Waals surface area (Å²) in [6.07, 6.45) is 2.09. The number of amides is 1. The van der Waals surface area contributed by atoms with Crippen LogP contribution in [-0.2, 0) is 17.8 Å². The molecule has 21 heavy (non-hydrogen) atoms. The summed E-state index contributed by atoms with van der Waals surface area (Å²) >= 11 is 3.39. The average molecular weight is 350 g/mol. The molecule has 1 aliphatic rings. The normalized spacial score (nSPS) is 15.4. The van der Waals surface area contributed by atoms with Gasteiger partial charge in [-0.05, 0) is 25.1 Å². The van der Waals surface area contributed by atoms with Crippen molar-refractivity contribution in [3.63, 3.8) is 0 Å². The van der Waals surface area contributed by atoms with Gasteiger partial charge in [-0.1, -0.05) is 22.0 Å². The van der Waals surface area contributed by atoms with Crippen molar-refractivity contribution in [3.8, 4) is 5.75 Å². The first-order chi connectivity index (χ1) is 10.1. The molecule has 1 aliphatic heterocycles. The van der Waals surface area contributed by atoms with Gasteiger partial charge < -0.3 is 9.64 Å². The fourth-order valence-electron chi connectivity index (χ4n) is 2.46. The van der Waals surface area contributed by atoms with Crippen molar-refractivity contribution in [2.45, 2.75) is 26.0 Å². The Morgan fingerprint density at radius 2 is 2.38 bits per heavy atom. The quantitative estimate of drug-likeness (QED) is 0.926. The molecule has 1 atom stereocenters. The molecule has 3 rings (SSSR count). The monoisotopic (exact) mass is 349 g/mol. The SMILES string of the molecule is CC(Oc1cccc(Br)c1)C(=O)N1CCc2[nH]ncc2C1. The predicted octanol–water partition coefficient (Wildman–Crippen LogP) is 2.52. The maximum atomic E-state index is 12.5. The van der Waals surface area contributed by atoms with Crippen molar-refractivity contribution in [2.24, 2.45) is 0 Å². The van der Waals surface area contributed by atoms with Crippen LogP contribution >= 0.6 is 15.9 Å². The third kappa shape index (κ3) is 3.10. The Morgan fingerprint density at radius 3 is 3.19 bits per heavy atom. The summed E-state index contributed by atoms with van der Waals surface area (Å²) in [6.45, 7) is 3.07. The van der Waals surface area contributed by atoms with Gasteiger partial charge in [-0.3, -0.25) is 9.89 Å². The Balaban J connectivity index is 1.65. The van der Waals surface area contributed by atoms with Crippen molar-refractivity contribution in [1.29, 1.82) is 0 Å². The van der Waals surface area contributed by atoms with Gasteiger partial charge in [0.15, 0.2) is 6.10 Å². The maximum absolute atomic E-state index is 12.5. The van der Waals surface area contributed by atoms with Crippen LogP contribution in [0.2, 0.25) is 0 Å². The predicted molar refractivity (Wildman–Crippen MR) is 81.9 cm³/mol. The lowest BCUT2D eigenvalue weighted by Gasteiger charge is -2.29. The smallest absolute Gasteiger partial charge is 0.263 e. The van der Waals surface area contributed by atoms with Crippen LogP contribution in [0.15, 0.2) is 34.9 Å². The van der Waals surface area contributed by atoms with E-state index in [2.05, 4.69) is 26.1 Å². The number of H-pyrrole nitrogens is 1. The van der Waals surface area contributed by atoms with Crippen molar-refractivity contribution in [1.82, 2.24) is 15.1 Å². The minimum Gasteiger partial charge on any atom is -0.481 e. The van der Waals surface area contributed by atoms with Crippen molar-refractivity contribution in [3.05, 3.63) is 46.2 Å². The Hall–Kier alpha value is -1.82. The van der Waals surface area contributed by atoms with Gasteiger partial charge in [-0.2, -0.15) is 5.10 Å². The summed E-state index contributed by atoms with van der Waals surface area (Å²) in [6, 6.07) is 7.51. The number of hydrogen-bond donors (Lipinski definition) is 1. The number of carbonyl (C=O) groups excluding carboxylic acids is 1. The average Bonchev–Trinajstić information content (AvgIpc) is 2.93. The minimum atomic E-state index is -0.507. The van der Waals surface area contributed by atoms with Crippen molar-refractivity contribution in [2.75, 3.05) is 6.54 Å². The lowest BCUT2D eigenvalue weighted by molar-refractivity contribution is -0.138. The first-order valence-electron chi connectivity index (χ1n) is 6.85.